The van der Waals surface area contributed by atoms with Crippen molar-refractivity contribution in [3.05, 3.63) is 88.4 Å². The van der Waals surface area contributed by atoms with Crippen LogP contribution in [0.25, 0.3) is 11.8 Å². The largest absolute Gasteiger partial charge is 0.306 e. The smallest absolute Gasteiger partial charge is 0.295 e. The fourth-order valence-corrected chi connectivity index (χ4v) is 2.89. The molecule has 0 aliphatic heterocycles. The summed E-state index contributed by atoms with van der Waals surface area (Å²) < 4.78 is 3.33. The summed E-state index contributed by atoms with van der Waals surface area (Å²) in [6.07, 6.45) is 3.22. The van der Waals surface area contributed by atoms with Crippen LogP contribution in [0.5, 0.6) is 0 Å². The second-order valence-corrected chi connectivity index (χ2v) is 6.05. The van der Waals surface area contributed by atoms with E-state index in [0.29, 0.717) is 5.69 Å². The fraction of sp³-hybridized carbons (Fsp3) is 0.143. The lowest BCUT2D eigenvalue weighted by atomic mass is 10.2. The highest BCUT2D eigenvalue weighted by Crippen LogP contribution is 2.17. The zero-order valence-electron chi connectivity index (χ0n) is 15.1. The zero-order chi connectivity index (χ0) is 18.7. The number of amides is 1. The van der Waals surface area contributed by atoms with E-state index in [0.717, 1.165) is 16.9 Å². The van der Waals surface area contributed by atoms with Gasteiger partial charge >= 0.3 is 0 Å². The van der Waals surface area contributed by atoms with E-state index < -0.39 is 0 Å². The molecule has 26 heavy (non-hydrogen) atoms. The van der Waals surface area contributed by atoms with Crippen LogP contribution in [-0.2, 0) is 11.8 Å². The maximum atomic E-state index is 13.0. The van der Waals surface area contributed by atoms with Gasteiger partial charge in [-0.15, -0.1) is 0 Å². The van der Waals surface area contributed by atoms with Crippen molar-refractivity contribution in [3.8, 4) is 5.69 Å². The zero-order valence-corrected chi connectivity index (χ0v) is 15.1. The Hall–Kier alpha value is -3.34. The number of carbonyl (C=O) groups is 1. The van der Waals surface area contributed by atoms with E-state index in [1.54, 1.807) is 22.5 Å². The van der Waals surface area contributed by atoms with Gasteiger partial charge in [0.05, 0.1) is 11.4 Å². The molecule has 0 spiro atoms. The lowest BCUT2D eigenvalue weighted by Crippen LogP contribution is -2.30. The number of benzene rings is 2. The molecule has 0 N–H and O–H groups in total. The predicted molar refractivity (Wildman–Crippen MR) is 105 cm³/mol. The Morgan fingerprint density at radius 1 is 1.00 bits per heavy atom. The molecule has 5 nitrogen and oxygen atoms in total. The SMILES string of the molecule is Cc1c(N(C)C(=O)/C=C/c2ccccc2)c(=O)n(-c2ccccc2)n1C. The predicted octanol–water partition coefficient (Wildman–Crippen LogP) is 3.16. The van der Waals surface area contributed by atoms with Crippen LogP contribution in [0.15, 0.2) is 71.5 Å². The lowest BCUT2D eigenvalue weighted by Gasteiger charge is -2.13. The van der Waals surface area contributed by atoms with Crippen molar-refractivity contribution in [1.82, 2.24) is 9.36 Å². The topological polar surface area (TPSA) is 47.2 Å². The number of hydrogen-bond acceptors (Lipinski definition) is 2. The second-order valence-electron chi connectivity index (χ2n) is 6.05. The summed E-state index contributed by atoms with van der Waals surface area (Å²) in [5.41, 5.74) is 2.57. The highest BCUT2D eigenvalue weighted by Gasteiger charge is 2.21. The van der Waals surface area contributed by atoms with Crippen molar-refractivity contribution in [1.29, 1.82) is 0 Å². The number of aromatic nitrogens is 2. The number of rotatable bonds is 4. The number of para-hydroxylation sites is 1. The molecule has 2 aromatic carbocycles. The van der Waals surface area contributed by atoms with Crippen molar-refractivity contribution >= 4 is 17.7 Å². The summed E-state index contributed by atoms with van der Waals surface area (Å²) in [5.74, 6) is -0.250. The van der Waals surface area contributed by atoms with Crippen molar-refractivity contribution in [2.24, 2.45) is 7.05 Å². The van der Waals surface area contributed by atoms with E-state index in [-0.39, 0.29) is 11.5 Å². The van der Waals surface area contributed by atoms with Gasteiger partial charge in [-0.05, 0) is 30.7 Å². The minimum Gasteiger partial charge on any atom is -0.306 e. The molecule has 5 heteroatoms. The van der Waals surface area contributed by atoms with Gasteiger partial charge in [0.1, 0.15) is 5.69 Å². The van der Waals surface area contributed by atoms with Gasteiger partial charge in [0.2, 0.25) is 0 Å². The van der Waals surface area contributed by atoms with Gasteiger partial charge in [-0.25, -0.2) is 4.68 Å². The molecule has 3 aromatic rings. The van der Waals surface area contributed by atoms with E-state index in [2.05, 4.69) is 0 Å². The molecule has 0 aliphatic carbocycles. The normalized spacial score (nSPS) is 11.0. The Balaban J connectivity index is 1.95. The van der Waals surface area contributed by atoms with E-state index in [4.69, 9.17) is 0 Å². The Labute approximate surface area is 152 Å². The van der Waals surface area contributed by atoms with E-state index >= 15 is 0 Å². The van der Waals surface area contributed by atoms with Crippen LogP contribution in [0.2, 0.25) is 0 Å². The molecule has 1 aromatic heterocycles. The maximum Gasteiger partial charge on any atom is 0.295 e. The molecule has 0 bridgehead atoms. The van der Waals surface area contributed by atoms with Crippen molar-refractivity contribution in [2.45, 2.75) is 6.92 Å². The van der Waals surface area contributed by atoms with E-state index in [1.807, 2.05) is 74.6 Å². The highest BCUT2D eigenvalue weighted by atomic mass is 16.2. The van der Waals surface area contributed by atoms with Crippen LogP contribution in [-0.4, -0.2) is 22.3 Å². The molecule has 0 unspecified atom stereocenters. The van der Waals surface area contributed by atoms with Crippen LogP contribution in [0.4, 0.5) is 5.69 Å². The highest BCUT2D eigenvalue weighted by molar-refractivity contribution is 6.03. The Bertz CT molecular complexity index is 999. The first-order valence-electron chi connectivity index (χ1n) is 8.35. The summed E-state index contributed by atoms with van der Waals surface area (Å²) >= 11 is 0. The molecule has 1 amide bonds. The first-order valence-corrected chi connectivity index (χ1v) is 8.35. The van der Waals surface area contributed by atoms with Crippen molar-refractivity contribution in [2.75, 3.05) is 11.9 Å². The van der Waals surface area contributed by atoms with Crippen LogP contribution in [0.1, 0.15) is 11.3 Å². The Morgan fingerprint density at radius 3 is 2.19 bits per heavy atom. The Morgan fingerprint density at radius 2 is 1.58 bits per heavy atom. The van der Waals surface area contributed by atoms with Gasteiger partial charge in [-0.2, -0.15) is 0 Å². The number of hydrogen-bond donors (Lipinski definition) is 0. The molecule has 0 atom stereocenters. The molecule has 0 aliphatic rings. The van der Waals surface area contributed by atoms with Crippen LogP contribution < -0.4 is 10.5 Å². The summed E-state index contributed by atoms with van der Waals surface area (Å²) in [7, 11) is 3.43. The first-order chi connectivity index (χ1) is 12.5. The molecular formula is C21H21N3O2. The molecular weight excluding hydrogens is 326 g/mol. The van der Waals surface area contributed by atoms with E-state index in [9.17, 15) is 9.59 Å². The van der Waals surface area contributed by atoms with E-state index in [1.165, 1.54) is 11.0 Å². The summed E-state index contributed by atoms with van der Waals surface area (Å²) in [4.78, 5) is 26.9. The quantitative estimate of drug-likeness (QED) is 0.681. The summed E-state index contributed by atoms with van der Waals surface area (Å²) in [6, 6.07) is 19.0. The minimum atomic E-state index is -0.250. The average molecular weight is 347 g/mol. The third-order valence-corrected chi connectivity index (χ3v) is 4.41. The number of carbonyl (C=O) groups excluding carboxylic acids is 1. The number of likely N-dealkylation sites (N-methyl/N-ethyl adjacent to an activating group) is 1. The standard InChI is InChI=1S/C21H21N3O2/c1-16-20(21(26)24(23(16)3)18-12-8-5-9-13-18)22(2)19(25)15-14-17-10-6-4-7-11-17/h4-15H,1-3H3/b15-14+. The monoisotopic (exact) mass is 347 g/mol. The molecule has 0 saturated heterocycles. The van der Waals surface area contributed by atoms with Gasteiger partial charge in [0, 0.05) is 20.2 Å². The molecule has 132 valence electrons. The Kier molecular flexibility index (Phi) is 4.89. The second kappa shape index (κ2) is 7.27. The van der Waals surface area contributed by atoms with Gasteiger partial charge in [-0.1, -0.05) is 48.5 Å². The van der Waals surface area contributed by atoms with Gasteiger partial charge in [0.15, 0.2) is 0 Å². The first kappa shape index (κ1) is 17.5. The molecule has 0 fully saturated rings. The van der Waals surface area contributed by atoms with Crippen LogP contribution in [0.3, 0.4) is 0 Å². The summed E-state index contributed by atoms with van der Waals surface area (Å²) in [6.45, 7) is 1.83. The third kappa shape index (κ3) is 3.24. The van der Waals surface area contributed by atoms with Gasteiger partial charge < -0.3 is 4.90 Å². The van der Waals surface area contributed by atoms with Crippen molar-refractivity contribution in [3.63, 3.8) is 0 Å². The number of nitrogens with zero attached hydrogens (tertiary/aromatic N) is 3. The molecule has 0 radical (unpaired) electrons. The average Bonchev–Trinajstić information content (AvgIpc) is 2.89. The van der Waals surface area contributed by atoms with Crippen LogP contribution in [0, 0.1) is 6.92 Å². The minimum absolute atomic E-state index is 0.222. The molecule has 3 rings (SSSR count). The summed E-state index contributed by atoms with van der Waals surface area (Å²) in [5, 5.41) is 0. The van der Waals surface area contributed by atoms with Gasteiger partial charge in [-0.3, -0.25) is 14.3 Å². The number of anilines is 1. The maximum absolute atomic E-state index is 13.0. The third-order valence-electron chi connectivity index (χ3n) is 4.41. The molecule has 0 saturated carbocycles. The fourth-order valence-electron chi connectivity index (χ4n) is 2.89. The molecule has 1 heterocycles. The van der Waals surface area contributed by atoms with Crippen LogP contribution >= 0.6 is 0 Å². The lowest BCUT2D eigenvalue weighted by molar-refractivity contribution is -0.113. The van der Waals surface area contributed by atoms with Crippen molar-refractivity contribution < 1.29 is 4.79 Å². The van der Waals surface area contributed by atoms with Gasteiger partial charge in [0.25, 0.3) is 11.5 Å².